The molecule has 2 rings (SSSR count). The Kier molecular flexibility index (Phi) is 7.09. The van der Waals surface area contributed by atoms with Gasteiger partial charge in [0.05, 0.1) is 6.61 Å². The SMILES string of the molecule is CN=C(NCCOC)NCc1cccnc1N1CCN(C)CC1. The third kappa shape index (κ3) is 5.37. The predicted molar refractivity (Wildman–Crippen MR) is 94.0 cm³/mol. The van der Waals surface area contributed by atoms with Gasteiger partial charge in [-0.1, -0.05) is 6.07 Å². The summed E-state index contributed by atoms with van der Waals surface area (Å²) in [5.41, 5.74) is 1.19. The number of pyridine rings is 1. The van der Waals surface area contributed by atoms with Crippen molar-refractivity contribution in [1.82, 2.24) is 20.5 Å². The van der Waals surface area contributed by atoms with Crippen molar-refractivity contribution in [2.24, 2.45) is 4.99 Å². The lowest BCUT2D eigenvalue weighted by Gasteiger charge is -2.34. The summed E-state index contributed by atoms with van der Waals surface area (Å²) >= 11 is 0. The molecule has 0 radical (unpaired) electrons. The summed E-state index contributed by atoms with van der Waals surface area (Å²) < 4.78 is 5.04. The number of nitrogens with one attached hydrogen (secondary N) is 2. The lowest BCUT2D eigenvalue weighted by molar-refractivity contribution is 0.203. The number of hydrogen-bond acceptors (Lipinski definition) is 5. The molecule has 0 saturated carbocycles. The molecule has 2 heterocycles. The number of nitrogens with zero attached hydrogens (tertiary/aromatic N) is 4. The molecule has 7 nitrogen and oxygen atoms in total. The summed E-state index contributed by atoms with van der Waals surface area (Å²) in [6.45, 7) is 6.26. The Balaban J connectivity index is 1.94. The van der Waals surface area contributed by atoms with Gasteiger partial charge < -0.3 is 25.2 Å². The number of guanidine groups is 1. The van der Waals surface area contributed by atoms with Gasteiger partial charge in [0.25, 0.3) is 0 Å². The van der Waals surface area contributed by atoms with E-state index >= 15 is 0 Å². The largest absolute Gasteiger partial charge is 0.383 e. The Morgan fingerprint density at radius 3 is 2.78 bits per heavy atom. The zero-order valence-corrected chi connectivity index (χ0v) is 14.4. The average Bonchev–Trinajstić information content (AvgIpc) is 2.59. The smallest absolute Gasteiger partial charge is 0.191 e. The Hall–Kier alpha value is -1.86. The van der Waals surface area contributed by atoms with Gasteiger partial charge in [0, 0.05) is 65.2 Å². The second kappa shape index (κ2) is 9.32. The number of methoxy groups -OCH3 is 1. The molecule has 1 fully saturated rings. The zero-order chi connectivity index (χ0) is 16.5. The summed E-state index contributed by atoms with van der Waals surface area (Å²) in [6.07, 6.45) is 1.86. The van der Waals surface area contributed by atoms with Crippen LogP contribution in [0.15, 0.2) is 23.3 Å². The normalized spacial score (nSPS) is 16.5. The number of likely N-dealkylation sites (N-methyl/N-ethyl adjacent to an activating group) is 1. The summed E-state index contributed by atoms with van der Waals surface area (Å²) in [7, 11) is 5.62. The number of anilines is 1. The molecular weight excluding hydrogens is 292 g/mol. The highest BCUT2D eigenvalue weighted by Crippen LogP contribution is 2.18. The molecule has 23 heavy (non-hydrogen) atoms. The van der Waals surface area contributed by atoms with E-state index < -0.39 is 0 Å². The minimum Gasteiger partial charge on any atom is -0.383 e. The van der Waals surface area contributed by atoms with Crippen LogP contribution in [0.2, 0.25) is 0 Å². The van der Waals surface area contributed by atoms with Crippen molar-refractivity contribution in [3.8, 4) is 0 Å². The Morgan fingerprint density at radius 2 is 2.09 bits per heavy atom. The number of aromatic nitrogens is 1. The summed E-state index contributed by atoms with van der Waals surface area (Å²) in [6, 6.07) is 4.10. The van der Waals surface area contributed by atoms with E-state index in [0.29, 0.717) is 13.2 Å². The highest BCUT2D eigenvalue weighted by molar-refractivity contribution is 5.79. The summed E-state index contributed by atoms with van der Waals surface area (Å²) in [4.78, 5) is 13.5. The van der Waals surface area contributed by atoms with Crippen LogP contribution in [-0.2, 0) is 11.3 Å². The molecule has 0 amide bonds. The van der Waals surface area contributed by atoms with Crippen LogP contribution in [0.25, 0.3) is 0 Å². The van der Waals surface area contributed by atoms with Crippen LogP contribution in [0.1, 0.15) is 5.56 Å². The quantitative estimate of drug-likeness (QED) is 0.442. The molecule has 0 aromatic carbocycles. The molecule has 0 atom stereocenters. The van der Waals surface area contributed by atoms with E-state index in [-0.39, 0.29) is 0 Å². The van der Waals surface area contributed by atoms with Gasteiger partial charge in [0.15, 0.2) is 5.96 Å². The van der Waals surface area contributed by atoms with Crippen molar-refractivity contribution < 1.29 is 4.74 Å². The number of rotatable bonds is 6. The maximum absolute atomic E-state index is 5.04. The van der Waals surface area contributed by atoms with E-state index in [1.807, 2.05) is 12.3 Å². The van der Waals surface area contributed by atoms with Crippen molar-refractivity contribution in [2.45, 2.75) is 6.54 Å². The molecule has 7 heteroatoms. The van der Waals surface area contributed by atoms with Crippen LogP contribution in [-0.4, -0.2) is 76.4 Å². The van der Waals surface area contributed by atoms with Gasteiger partial charge in [-0.05, 0) is 13.1 Å². The van der Waals surface area contributed by atoms with E-state index in [1.54, 1.807) is 14.2 Å². The van der Waals surface area contributed by atoms with E-state index in [2.05, 4.69) is 43.5 Å². The van der Waals surface area contributed by atoms with Crippen LogP contribution in [0.5, 0.6) is 0 Å². The van der Waals surface area contributed by atoms with E-state index in [0.717, 1.165) is 44.5 Å². The molecule has 128 valence electrons. The van der Waals surface area contributed by atoms with E-state index in [4.69, 9.17) is 4.74 Å². The molecule has 1 aliphatic heterocycles. The second-order valence-electron chi connectivity index (χ2n) is 5.62. The first-order valence-corrected chi connectivity index (χ1v) is 8.05. The minimum atomic E-state index is 0.653. The fraction of sp³-hybridized carbons (Fsp3) is 0.625. The third-order valence-electron chi connectivity index (χ3n) is 3.94. The number of aliphatic imine (C=N–C) groups is 1. The lowest BCUT2D eigenvalue weighted by atomic mass is 10.2. The molecule has 0 bridgehead atoms. The molecule has 0 spiro atoms. The van der Waals surface area contributed by atoms with Crippen molar-refractivity contribution in [1.29, 1.82) is 0 Å². The fourth-order valence-electron chi connectivity index (χ4n) is 2.54. The average molecular weight is 320 g/mol. The van der Waals surface area contributed by atoms with Gasteiger partial charge in [0.2, 0.25) is 0 Å². The number of piperazine rings is 1. The standard InChI is InChI=1S/C16H28N6O/c1-17-16(19-7-12-23-3)20-13-14-5-4-6-18-15(14)22-10-8-21(2)9-11-22/h4-6H,7-13H2,1-3H3,(H2,17,19,20). The van der Waals surface area contributed by atoms with Gasteiger partial charge in [-0.2, -0.15) is 0 Å². The third-order valence-corrected chi connectivity index (χ3v) is 3.94. The summed E-state index contributed by atoms with van der Waals surface area (Å²) in [5, 5.41) is 6.56. The summed E-state index contributed by atoms with van der Waals surface area (Å²) in [5.74, 6) is 1.84. The van der Waals surface area contributed by atoms with Gasteiger partial charge in [-0.3, -0.25) is 4.99 Å². The number of hydrogen-bond donors (Lipinski definition) is 2. The highest BCUT2D eigenvalue weighted by atomic mass is 16.5. The molecule has 1 aliphatic rings. The van der Waals surface area contributed by atoms with Gasteiger partial charge in [-0.15, -0.1) is 0 Å². The molecule has 1 aromatic heterocycles. The van der Waals surface area contributed by atoms with Crippen LogP contribution < -0.4 is 15.5 Å². The lowest BCUT2D eigenvalue weighted by Crippen LogP contribution is -2.45. The van der Waals surface area contributed by atoms with Gasteiger partial charge in [0.1, 0.15) is 5.82 Å². The Labute approximate surface area is 138 Å². The van der Waals surface area contributed by atoms with Crippen molar-refractivity contribution in [3.63, 3.8) is 0 Å². The number of ether oxygens (including phenoxy) is 1. The highest BCUT2D eigenvalue weighted by Gasteiger charge is 2.17. The fourth-order valence-corrected chi connectivity index (χ4v) is 2.54. The molecule has 1 saturated heterocycles. The van der Waals surface area contributed by atoms with Crippen molar-refractivity contribution in [3.05, 3.63) is 23.9 Å². The second-order valence-corrected chi connectivity index (χ2v) is 5.62. The Bertz CT molecular complexity index is 499. The van der Waals surface area contributed by atoms with Crippen LogP contribution in [0, 0.1) is 0 Å². The first kappa shape index (κ1) is 17.5. The van der Waals surface area contributed by atoms with Crippen molar-refractivity contribution in [2.75, 3.05) is 65.4 Å². The van der Waals surface area contributed by atoms with Crippen LogP contribution in [0.3, 0.4) is 0 Å². The monoisotopic (exact) mass is 320 g/mol. The molecule has 1 aromatic rings. The Morgan fingerprint density at radius 1 is 1.30 bits per heavy atom. The van der Waals surface area contributed by atoms with Crippen LogP contribution in [0.4, 0.5) is 5.82 Å². The molecule has 0 unspecified atom stereocenters. The van der Waals surface area contributed by atoms with Gasteiger partial charge in [-0.25, -0.2) is 4.98 Å². The predicted octanol–water partition coefficient (Wildman–Crippen LogP) is 0.145. The minimum absolute atomic E-state index is 0.653. The maximum atomic E-state index is 5.04. The maximum Gasteiger partial charge on any atom is 0.191 e. The first-order valence-electron chi connectivity index (χ1n) is 8.05. The molecule has 2 N–H and O–H groups in total. The van der Waals surface area contributed by atoms with Gasteiger partial charge >= 0.3 is 0 Å². The van der Waals surface area contributed by atoms with E-state index in [1.165, 1.54) is 5.56 Å². The first-order chi connectivity index (χ1) is 11.2. The van der Waals surface area contributed by atoms with E-state index in [9.17, 15) is 0 Å². The van der Waals surface area contributed by atoms with Crippen molar-refractivity contribution >= 4 is 11.8 Å². The topological polar surface area (TPSA) is 65.0 Å². The van der Waals surface area contributed by atoms with Crippen LogP contribution >= 0.6 is 0 Å². The zero-order valence-electron chi connectivity index (χ0n) is 14.4. The molecule has 0 aliphatic carbocycles. The molecular formula is C16H28N6O.